The molecule has 0 aliphatic rings. The molecule has 0 radical (unpaired) electrons. The third kappa shape index (κ3) is 3.76. The largest absolute Gasteiger partial charge is 0.314 e. The highest BCUT2D eigenvalue weighted by Crippen LogP contribution is 2.18. The van der Waals surface area contributed by atoms with Gasteiger partial charge in [0.1, 0.15) is 5.82 Å². The molecule has 1 aromatic rings. The van der Waals surface area contributed by atoms with E-state index in [0.29, 0.717) is 6.04 Å². The molecule has 0 heterocycles. The maximum absolute atomic E-state index is 12.8. The zero-order valence-corrected chi connectivity index (χ0v) is 10.1. The lowest BCUT2D eigenvalue weighted by Gasteiger charge is -2.08. The molecule has 0 spiro atoms. The van der Waals surface area contributed by atoms with Crippen LogP contribution in [0.2, 0.25) is 0 Å². The maximum atomic E-state index is 12.8. The van der Waals surface area contributed by atoms with Crippen molar-refractivity contribution in [1.82, 2.24) is 5.32 Å². The summed E-state index contributed by atoms with van der Waals surface area (Å²) in [6.45, 7) is 5.14. The van der Waals surface area contributed by atoms with Gasteiger partial charge in [-0.1, -0.05) is 35.8 Å². The van der Waals surface area contributed by atoms with E-state index in [1.54, 1.807) is 0 Å². The normalized spacial score (nSPS) is 10.9. The van der Waals surface area contributed by atoms with Crippen molar-refractivity contribution in [3.05, 3.63) is 34.1 Å². The van der Waals surface area contributed by atoms with E-state index in [9.17, 15) is 4.39 Å². The summed E-state index contributed by atoms with van der Waals surface area (Å²) < 4.78 is 13.6. The number of hydrogen-bond donors (Lipinski definition) is 1. The summed E-state index contributed by atoms with van der Waals surface area (Å²) in [4.78, 5) is 0. The van der Waals surface area contributed by atoms with Crippen LogP contribution in [0.1, 0.15) is 19.4 Å². The monoisotopic (exact) mass is 259 g/mol. The minimum absolute atomic E-state index is 0.197. The van der Waals surface area contributed by atoms with E-state index in [1.165, 1.54) is 12.1 Å². The molecule has 0 saturated carbocycles. The van der Waals surface area contributed by atoms with Crippen molar-refractivity contribution in [2.24, 2.45) is 0 Å². The Morgan fingerprint density at radius 2 is 2.14 bits per heavy atom. The van der Waals surface area contributed by atoms with Crippen LogP contribution in [0.15, 0.2) is 22.7 Å². The Bertz CT molecular complexity index is 299. The Morgan fingerprint density at radius 1 is 1.43 bits per heavy atom. The third-order valence-electron chi connectivity index (χ3n) is 1.96. The molecule has 0 aliphatic heterocycles. The quantitative estimate of drug-likeness (QED) is 0.877. The molecule has 3 heteroatoms. The fourth-order valence-corrected chi connectivity index (χ4v) is 1.77. The van der Waals surface area contributed by atoms with E-state index in [2.05, 4.69) is 35.1 Å². The molecule has 0 saturated heterocycles. The first-order valence-corrected chi connectivity index (χ1v) is 5.56. The molecule has 1 N–H and O–H groups in total. The van der Waals surface area contributed by atoms with Crippen molar-refractivity contribution in [2.75, 3.05) is 6.54 Å². The fraction of sp³-hybridized carbons (Fsp3) is 0.455. The SMILES string of the molecule is CC(C)NCCc1ccc(F)cc1Br. The number of benzene rings is 1. The lowest BCUT2D eigenvalue weighted by atomic mass is 10.1. The first-order valence-electron chi connectivity index (χ1n) is 4.77. The summed E-state index contributed by atoms with van der Waals surface area (Å²) in [6.07, 6.45) is 0.916. The van der Waals surface area contributed by atoms with Gasteiger partial charge in [0.15, 0.2) is 0 Å². The number of nitrogens with one attached hydrogen (secondary N) is 1. The van der Waals surface area contributed by atoms with Gasteiger partial charge in [0.25, 0.3) is 0 Å². The Kier molecular flexibility index (Phi) is 4.55. The van der Waals surface area contributed by atoms with Crippen LogP contribution in [0.5, 0.6) is 0 Å². The first-order chi connectivity index (χ1) is 6.59. The van der Waals surface area contributed by atoms with E-state index < -0.39 is 0 Å². The predicted molar refractivity (Wildman–Crippen MR) is 60.9 cm³/mol. The number of halogens is 2. The summed E-state index contributed by atoms with van der Waals surface area (Å²) in [5, 5.41) is 3.32. The van der Waals surface area contributed by atoms with Crippen LogP contribution in [0.4, 0.5) is 4.39 Å². The summed E-state index contributed by atoms with van der Waals surface area (Å²) in [5.41, 5.74) is 1.14. The minimum atomic E-state index is -0.197. The van der Waals surface area contributed by atoms with Crippen LogP contribution in [-0.2, 0) is 6.42 Å². The molecule has 0 fully saturated rings. The average Bonchev–Trinajstić information content (AvgIpc) is 2.08. The predicted octanol–water partition coefficient (Wildman–Crippen LogP) is 3.13. The highest BCUT2D eigenvalue weighted by Gasteiger charge is 2.01. The maximum Gasteiger partial charge on any atom is 0.124 e. The van der Waals surface area contributed by atoms with Crippen LogP contribution in [0.3, 0.4) is 0 Å². The second-order valence-corrected chi connectivity index (χ2v) is 4.45. The standard InChI is InChI=1S/C11H15BrFN/c1-8(2)14-6-5-9-3-4-10(13)7-11(9)12/h3-4,7-8,14H,5-6H2,1-2H3. The molecule has 78 valence electrons. The summed E-state index contributed by atoms with van der Waals surface area (Å²) in [7, 11) is 0. The second-order valence-electron chi connectivity index (χ2n) is 3.59. The lowest BCUT2D eigenvalue weighted by Crippen LogP contribution is -2.25. The fourth-order valence-electron chi connectivity index (χ4n) is 1.22. The molecule has 1 rings (SSSR count). The van der Waals surface area contributed by atoms with E-state index in [4.69, 9.17) is 0 Å². The van der Waals surface area contributed by atoms with Crippen LogP contribution in [0.25, 0.3) is 0 Å². The van der Waals surface area contributed by atoms with Gasteiger partial charge >= 0.3 is 0 Å². The smallest absolute Gasteiger partial charge is 0.124 e. The minimum Gasteiger partial charge on any atom is -0.314 e. The van der Waals surface area contributed by atoms with Crippen molar-refractivity contribution in [2.45, 2.75) is 26.3 Å². The number of hydrogen-bond acceptors (Lipinski definition) is 1. The molecular formula is C11H15BrFN. The molecule has 0 aliphatic carbocycles. The van der Waals surface area contributed by atoms with Gasteiger partial charge in [-0.3, -0.25) is 0 Å². The van der Waals surface area contributed by atoms with Crippen molar-refractivity contribution >= 4 is 15.9 Å². The Hall–Kier alpha value is -0.410. The molecule has 0 bridgehead atoms. The van der Waals surface area contributed by atoms with Gasteiger partial charge in [0, 0.05) is 10.5 Å². The average molecular weight is 260 g/mol. The molecule has 1 aromatic carbocycles. The van der Waals surface area contributed by atoms with Crippen LogP contribution in [-0.4, -0.2) is 12.6 Å². The van der Waals surface area contributed by atoms with Crippen LogP contribution in [0, 0.1) is 5.82 Å². The van der Waals surface area contributed by atoms with Crippen LogP contribution < -0.4 is 5.32 Å². The lowest BCUT2D eigenvalue weighted by molar-refractivity contribution is 0.588. The Balaban J connectivity index is 2.51. The molecular weight excluding hydrogens is 245 g/mol. The third-order valence-corrected chi connectivity index (χ3v) is 2.70. The van der Waals surface area contributed by atoms with Crippen LogP contribution >= 0.6 is 15.9 Å². The zero-order valence-electron chi connectivity index (χ0n) is 8.48. The molecule has 1 nitrogen and oxygen atoms in total. The summed E-state index contributed by atoms with van der Waals surface area (Å²) >= 11 is 3.35. The van der Waals surface area contributed by atoms with E-state index in [-0.39, 0.29) is 5.82 Å². The van der Waals surface area contributed by atoms with Crippen molar-refractivity contribution < 1.29 is 4.39 Å². The molecule has 0 atom stereocenters. The zero-order chi connectivity index (χ0) is 10.6. The van der Waals surface area contributed by atoms with Crippen molar-refractivity contribution in [1.29, 1.82) is 0 Å². The van der Waals surface area contributed by atoms with Gasteiger partial charge in [-0.25, -0.2) is 4.39 Å². The van der Waals surface area contributed by atoms with Crippen molar-refractivity contribution in [3.8, 4) is 0 Å². The van der Waals surface area contributed by atoms with E-state index in [1.807, 2.05) is 6.07 Å². The van der Waals surface area contributed by atoms with E-state index >= 15 is 0 Å². The Labute approximate surface area is 92.8 Å². The highest BCUT2D eigenvalue weighted by atomic mass is 79.9. The highest BCUT2D eigenvalue weighted by molar-refractivity contribution is 9.10. The topological polar surface area (TPSA) is 12.0 Å². The summed E-state index contributed by atoms with van der Waals surface area (Å²) in [6, 6.07) is 5.32. The van der Waals surface area contributed by atoms with Gasteiger partial charge in [-0.2, -0.15) is 0 Å². The molecule has 0 amide bonds. The Morgan fingerprint density at radius 3 is 2.71 bits per heavy atom. The molecule has 0 aromatic heterocycles. The van der Waals surface area contributed by atoms with Gasteiger partial charge in [0.05, 0.1) is 0 Å². The van der Waals surface area contributed by atoms with E-state index in [0.717, 1.165) is 23.0 Å². The summed E-state index contributed by atoms with van der Waals surface area (Å²) in [5.74, 6) is -0.197. The van der Waals surface area contributed by atoms with Gasteiger partial charge in [0.2, 0.25) is 0 Å². The first kappa shape index (κ1) is 11.7. The number of rotatable bonds is 4. The second kappa shape index (κ2) is 5.47. The van der Waals surface area contributed by atoms with Crippen molar-refractivity contribution in [3.63, 3.8) is 0 Å². The van der Waals surface area contributed by atoms with Gasteiger partial charge in [-0.15, -0.1) is 0 Å². The van der Waals surface area contributed by atoms with Gasteiger partial charge in [-0.05, 0) is 30.7 Å². The molecule has 0 unspecified atom stereocenters. The van der Waals surface area contributed by atoms with Gasteiger partial charge < -0.3 is 5.32 Å². The molecule has 14 heavy (non-hydrogen) atoms.